The number of carbonyl (C=O) groups is 2. The number of carbonyl (C=O) groups excluding carboxylic acids is 1. The maximum atomic E-state index is 13.2. The van der Waals surface area contributed by atoms with Gasteiger partial charge >= 0.3 is 5.97 Å². The molecule has 1 amide bonds. The van der Waals surface area contributed by atoms with Gasteiger partial charge in [-0.15, -0.1) is 6.58 Å². The minimum Gasteiger partial charge on any atom is -0.481 e. The van der Waals surface area contributed by atoms with Crippen LogP contribution in [0.15, 0.2) is 73.4 Å². The summed E-state index contributed by atoms with van der Waals surface area (Å²) < 4.78 is 27.6. The van der Waals surface area contributed by atoms with E-state index in [4.69, 9.17) is 17.3 Å². The molecule has 1 aromatic heterocycles. The molecule has 2 heterocycles. The molecule has 0 saturated carbocycles. The molecular formula is C25H26ClN3O5S. The van der Waals surface area contributed by atoms with Gasteiger partial charge in [0.15, 0.2) is 0 Å². The Bertz CT molecular complexity index is 1340. The normalized spacial score (nSPS) is 17.1. The number of hydrogen-bond acceptors (Lipinski definition) is 5. The first-order valence-electron chi connectivity index (χ1n) is 10.9. The number of benzene rings is 2. The van der Waals surface area contributed by atoms with Crippen molar-refractivity contribution in [1.29, 1.82) is 0 Å². The zero-order chi connectivity index (χ0) is 25.6. The van der Waals surface area contributed by atoms with E-state index in [9.17, 15) is 23.1 Å². The van der Waals surface area contributed by atoms with Gasteiger partial charge in [0.25, 0.3) is 0 Å². The average molecular weight is 516 g/mol. The molecule has 1 saturated heterocycles. The molecule has 184 valence electrons. The number of primary amides is 1. The Labute approximate surface area is 209 Å². The number of para-hydroxylation sites is 1. The van der Waals surface area contributed by atoms with Crippen molar-refractivity contribution < 1.29 is 23.1 Å². The van der Waals surface area contributed by atoms with Crippen LogP contribution in [0.1, 0.15) is 34.0 Å². The number of sulfonamides is 1. The van der Waals surface area contributed by atoms with Crippen LogP contribution in [-0.4, -0.2) is 47.8 Å². The fourth-order valence-corrected chi connectivity index (χ4v) is 6.04. The molecule has 3 N–H and O–H groups in total. The third-order valence-electron chi connectivity index (χ3n) is 5.74. The second-order valence-electron chi connectivity index (χ2n) is 8.00. The molecule has 0 spiro atoms. The van der Waals surface area contributed by atoms with Crippen molar-refractivity contribution in [2.24, 2.45) is 11.7 Å². The van der Waals surface area contributed by atoms with E-state index in [1.807, 2.05) is 12.1 Å². The third-order valence-corrected chi connectivity index (χ3v) is 8.21. The van der Waals surface area contributed by atoms with Crippen molar-refractivity contribution in [2.45, 2.75) is 18.1 Å². The van der Waals surface area contributed by atoms with E-state index in [-0.39, 0.29) is 6.54 Å². The number of halogens is 1. The van der Waals surface area contributed by atoms with Crippen LogP contribution in [0.4, 0.5) is 0 Å². The smallest absolute Gasteiger partial charge is 0.307 e. The number of amides is 1. The second kappa shape index (κ2) is 11.4. The molecule has 0 bridgehead atoms. The van der Waals surface area contributed by atoms with Crippen LogP contribution in [0.2, 0.25) is 5.02 Å². The molecule has 1 aliphatic rings. The first-order chi connectivity index (χ1) is 16.7. The number of piperidine rings is 1. The molecule has 0 aliphatic carbocycles. The summed E-state index contributed by atoms with van der Waals surface area (Å²) in [5.74, 6) is -2.12. The topological polar surface area (TPSA) is 131 Å². The van der Waals surface area contributed by atoms with Crippen molar-refractivity contribution in [3.8, 4) is 0 Å². The molecule has 1 aliphatic heterocycles. The monoisotopic (exact) mass is 515 g/mol. The minimum absolute atomic E-state index is 0.000200. The Morgan fingerprint density at radius 1 is 1.17 bits per heavy atom. The van der Waals surface area contributed by atoms with Crippen LogP contribution in [-0.2, 0) is 14.8 Å². The van der Waals surface area contributed by atoms with Crippen LogP contribution < -0.4 is 5.73 Å². The SMILES string of the molecule is C=CC(c1cccc2cccnc12)S(=O)(=O)N1CCCC(C(=O)O)C1.NC(=O)c1ccccc1Cl. The van der Waals surface area contributed by atoms with Gasteiger partial charge in [0.05, 0.1) is 22.0 Å². The van der Waals surface area contributed by atoms with Gasteiger partial charge in [-0.05, 0) is 31.0 Å². The fourth-order valence-electron chi connectivity index (χ4n) is 3.96. The standard InChI is InChI=1S/C18H20N2O4S.C7H6ClNO/c1-2-16(15-9-3-6-13-7-4-10-19-17(13)15)25(23,24)20-11-5-8-14(12-20)18(21)22;8-6-4-2-1-3-5(6)7(9)10/h2-4,6-7,9-10,14,16H,1,5,8,11-12H2,(H,21,22);1-4H,(H2,9,10). The van der Waals surface area contributed by atoms with Crippen LogP contribution >= 0.6 is 11.6 Å². The number of carboxylic acids is 1. The highest BCUT2D eigenvalue weighted by Gasteiger charge is 2.37. The van der Waals surface area contributed by atoms with Crippen molar-refractivity contribution in [3.63, 3.8) is 0 Å². The highest BCUT2D eigenvalue weighted by atomic mass is 35.5. The summed E-state index contributed by atoms with van der Waals surface area (Å²) in [7, 11) is -3.77. The van der Waals surface area contributed by atoms with Crippen molar-refractivity contribution in [2.75, 3.05) is 13.1 Å². The number of rotatable bonds is 6. The highest BCUT2D eigenvalue weighted by Crippen LogP contribution is 2.33. The molecule has 1 fully saturated rings. The zero-order valence-corrected chi connectivity index (χ0v) is 20.5. The molecule has 3 aromatic rings. The summed E-state index contributed by atoms with van der Waals surface area (Å²) in [6.45, 7) is 4.04. The Morgan fingerprint density at radius 3 is 2.51 bits per heavy atom. The maximum Gasteiger partial charge on any atom is 0.307 e. The van der Waals surface area contributed by atoms with Crippen molar-refractivity contribution in [1.82, 2.24) is 9.29 Å². The van der Waals surface area contributed by atoms with E-state index in [0.717, 1.165) is 5.39 Å². The lowest BCUT2D eigenvalue weighted by molar-refractivity contribution is -0.142. The van der Waals surface area contributed by atoms with Gasteiger partial charge in [-0.2, -0.15) is 0 Å². The van der Waals surface area contributed by atoms with Gasteiger partial charge in [0.2, 0.25) is 15.9 Å². The zero-order valence-electron chi connectivity index (χ0n) is 18.9. The number of aliphatic carboxylic acids is 1. The number of nitrogens with zero attached hydrogens (tertiary/aromatic N) is 2. The Balaban J connectivity index is 0.000000287. The Morgan fingerprint density at radius 2 is 1.89 bits per heavy atom. The molecule has 8 nitrogen and oxygen atoms in total. The number of fused-ring (bicyclic) bond motifs is 1. The van der Waals surface area contributed by atoms with Crippen LogP contribution in [0.3, 0.4) is 0 Å². The first-order valence-corrected chi connectivity index (χ1v) is 12.8. The van der Waals surface area contributed by atoms with E-state index < -0.39 is 33.1 Å². The molecule has 0 radical (unpaired) electrons. The van der Waals surface area contributed by atoms with Crippen molar-refractivity contribution in [3.05, 3.63) is 89.6 Å². The van der Waals surface area contributed by atoms with E-state index >= 15 is 0 Å². The number of nitrogens with two attached hydrogens (primary N) is 1. The van der Waals surface area contributed by atoms with E-state index in [1.165, 1.54) is 10.4 Å². The molecule has 4 rings (SSSR count). The van der Waals surface area contributed by atoms with Crippen LogP contribution in [0, 0.1) is 5.92 Å². The first kappa shape index (κ1) is 26.3. The lowest BCUT2D eigenvalue weighted by atomic mass is 10.0. The molecule has 35 heavy (non-hydrogen) atoms. The maximum absolute atomic E-state index is 13.2. The minimum atomic E-state index is -3.77. The number of pyridine rings is 1. The molecular weight excluding hydrogens is 490 g/mol. The molecule has 2 atom stereocenters. The predicted molar refractivity (Wildman–Crippen MR) is 136 cm³/mol. The van der Waals surface area contributed by atoms with E-state index in [0.29, 0.717) is 41.1 Å². The summed E-state index contributed by atoms with van der Waals surface area (Å²) in [5.41, 5.74) is 6.53. The average Bonchev–Trinajstić information content (AvgIpc) is 2.85. The number of aromatic nitrogens is 1. The van der Waals surface area contributed by atoms with Gasteiger partial charge in [-0.25, -0.2) is 12.7 Å². The van der Waals surface area contributed by atoms with E-state index in [2.05, 4.69) is 11.6 Å². The van der Waals surface area contributed by atoms with Gasteiger partial charge in [-0.1, -0.05) is 54.1 Å². The van der Waals surface area contributed by atoms with Gasteiger partial charge in [0.1, 0.15) is 5.25 Å². The predicted octanol–water partition coefficient (Wildman–Crippen LogP) is 4.03. The summed E-state index contributed by atoms with van der Waals surface area (Å²) in [4.78, 5) is 26.1. The number of carboxylic acid groups (broad SMARTS) is 1. The highest BCUT2D eigenvalue weighted by molar-refractivity contribution is 7.89. The summed E-state index contributed by atoms with van der Waals surface area (Å²) in [6, 6.07) is 15.7. The van der Waals surface area contributed by atoms with Gasteiger partial charge < -0.3 is 10.8 Å². The summed E-state index contributed by atoms with van der Waals surface area (Å²) in [6.07, 6.45) is 4.05. The lowest BCUT2D eigenvalue weighted by Crippen LogP contribution is -2.43. The fraction of sp³-hybridized carbons (Fsp3) is 0.240. The summed E-state index contributed by atoms with van der Waals surface area (Å²) in [5, 5.41) is 9.51. The largest absolute Gasteiger partial charge is 0.481 e. The van der Waals surface area contributed by atoms with Crippen molar-refractivity contribution >= 4 is 44.4 Å². The molecule has 2 unspecified atom stereocenters. The second-order valence-corrected chi connectivity index (χ2v) is 10.5. The molecule has 2 aromatic carbocycles. The summed E-state index contributed by atoms with van der Waals surface area (Å²) >= 11 is 5.62. The van der Waals surface area contributed by atoms with Crippen LogP contribution in [0.25, 0.3) is 10.9 Å². The Kier molecular flexibility index (Phi) is 8.61. The van der Waals surface area contributed by atoms with Gasteiger partial charge in [-0.3, -0.25) is 14.6 Å². The molecule has 10 heteroatoms. The lowest BCUT2D eigenvalue weighted by Gasteiger charge is -2.32. The quantitative estimate of drug-likeness (QED) is 0.476. The van der Waals surface area contributed by atoms with E-state index in [1.54, 1.807) is 48.7 Å². The number of hydrogen-bond donors (Lipinski definition) is 2. The van der Waals surface area contributed by atoms with Gasteiger partial charge in [0, 0.05) is 30.2 Å². The van der Waals surface area contributed by atoms with Crippen LogP contribution in [0.5, 0.6) is 0 Å². The third kappa shape index (κ3) is 6.05. The Hall–Kier alpha value is -3.27.